The molecule has 0 saturated carbocycles. The first-order chi connectivity index (χ1) is 14.1. The molecule has 2 saturated heterocycles. The molecule has 1 unspecified atom stereocenters. The van der Waals surface area contributed by atoms with Crippen molar-refractivity contribution in [2.24, 2.45) is 11.8 Å². The van der Waals surface area contributed by atoms with E-state index in [4.69, 9.17) is 14.5 Å². The van der Waals surface area contributed by atoms with Gasteiger partial charge >= 0.3 is 0 Å². The van der Waals surface area contributed by atoms with Crippen molar-refractivity contribution in [3.05, 3.63) is 17.5 Å². The number of fused-ring (bicyclic) bond motifs is 2. The monoisotopic (exact) mass is 402 g/mol. The van der Waals surface area contributed by atoms with Gasteiger partial charge in [0.25, 0.3) is 0 Å². The Bertz CT molecular complexity index is 718. The quantitative estimate of drug-likeness (QED) is 0.788. The molecule has 7 heteroatoms. The van der Waals surface area contributed by atoms with Crippen LogP contribution in [0.5, 0.6) is 0 Å². The van der Waals surface area contributed by atoms with Crippen LogP contribution < -0.4 is 5.32 Å². The normalized spacial score (nSPS) is 24.9. The van der Waals surface area contributed by atoms with Gasteiger partial charge in [-0.3, -0.25) is 4.79 Å². The zero-order valence-corrected chi connectivity index (χ0v) is 17.8. The third kappa shape index (κ3) is 4.26. The first-order valence-electron chi connectivity index (χ1n) is 11.2. The number of amides is 1. The van der Waals surface area contributed by atoms with Crippen LogP contribution in [0.3, 0.4) is 0 Å². The molecule has 1 N–H and O–H groups in total. The van der Waals surface area contributed by atoms with Gasteiger partial charge in [-0.2, -0.15) is 0 Å². The van der Waals surface area contributed by atoms with Crippen molar-refractivity contribution in [3.63, 3.8) is 0 Å². The molecule has 3 aliphatic rings. The largest absolute Gasteiger partial charge is 0.381 e. The molecule has 0 aliphatic carbocycles. The molecule has 29 heavy (non-hydrogen) atoms. The van der Waals surface area contributed by atoms with Gasteiger partial charge in [0.1, 0.15) is 0 Å². The van der Waals surface area contributed by atoms with Crippen LogP contribution in [-0.4, -0.2) is 60.2 Å². The van der Waals surface area contributed by atoms with Crippen molar-refractivity contribution in [1.82, 2.24) is 14.9 Å². The SMILES string of the molecule is CCC(CC)C(=O)N1CCC2(COCc3cnc(NCC4CCOCC4)nc32)C1. The zero-order chi connectivity index (χ0) is 20.3. The summed E-state index contributed by atoms with van der Waals surface area (Å²) in [4.78, 5) is 24.4. The van der Waals surface area contributed by atoms with Crippen LogP contribution in [0.25, 0.3) is 0 Å². The Kier molecular flexibility index (Phi) is 6.35. The van der Waals surface area contributed by atoms with E-state index in [-0.39, 0.29) is 17.2 Å². The molecule has 2 fully saturated rings. The van der Waals surface area contributed by atoms with E-state index in [1.54, 1.807) is 0 Å². The number of nitrogens with zero attached hydrogens (tertiary/aromatic N) is 3. The molecule has 0 radical (unpaired) electrons. The number of carbonyl (C=O) groups excluding carboxylic acids is 1. The summed E-state index contributed by atoms with van der Waals surface area (Å²) in [6, 6.07) is 0. The summed E-state index contributed by atoms with van der Waals surface area (Å²) in [6.45, 7) is 9.43. The molecule has 4 heterocycles. The highest BCUT2D eigenvalue weighted by molar-refractivity contribution is 5.79. The van der Waals surface area contributed by atoms with Crippen LogP contribution in [0.2, 0.25) is 0 Å². The molecule has 1 aromatic rings. The summed E-state index contributed by atoms with van der Waals surface area (Å²) < 4.78 is 11.4. The highest BCUT2D eigenvalue weighted by Crippen LogP contribution is 2.40. The Labute approximate surface area is 173 Å². The fraction of sp³-hybridized carbons (Fsp3) is 0.773. The lowest BCUT2D eigenvalue weighted by atomic mass is 9.80. The molecule has 1 atom stereocenters. The van der Waals surface area contributed by atoms with Crippen LogP contribution in [0.15, 0.2) is 6.20 Å². The number of hydrogen-bond donors (Lipinski definition) is 1. The Hall–Kier alpha value is -1.73. The molecule has 1 amide bonds. The lowest BCUT2D eigenvalue weighted by molar-refractivity contribution is -0.135. The van der Waals surface area contributed by atoms with Gasteiger partial charge in [-0.05, 0) is 38.0 Å². The van der Waals surface area contributed by atoms with E-state index in [9.17, 15) is 4.79 Å². The minimum atomic E-state index is -0.201. The first kappa shape index (κ1) is 20.5. The van der Waals surface area contributed by atoms with E-state index < -0.39 is 0 Å². The van der Waals surface area contributed by atoms with Gasteiger partial charge in [-0.1, -0.05) is 13.8 Å². The van der Waals surface area contributed by atoms with Crippen LogP contribution >= 0.6 is 0 Å². The van der Waals surface area contributed by atoms with Gasteiger partial charge in [0, 0.05) is 50.5 Å². The fourth-order valence-corrected chi connectivity index (χ4v) is 4.94. The fourth-order valence-electron chi connectivity index (χ4n) is 4.94. The van der Waals surface area contributed by atoms with E-state index in [2.05, 4.69) is 24.1 Å². The van der Waals surface area contributed by atoms with Crippen molar-refractivity contribution >= 4 is 11.9 Å². The van der Waals surface area contributed by atoms with Crippen LogP contribution in [0.1, 0.15) is 57.2 Å². The second-order valence-electron chi connectivity index (χ2n) is 8.80. The highest BCUT2D eigenvalue weighted by Gasteiger charge is 2.46. The predicted molar refractivity (Wildman–Crippen MR) is 111 cm³/mol. The summed E-state index contributed by atoms with van der Waals surface area (Å²) in [5, 5.41) is 3.44. The van der Waals surface area contributed by atoms with Gasteiger partial charge < -0.3 is 19.7 Å². The van der Waals surface area contributed by atoms with E-state index in [1.807, 2.05) is 11.1 Å². The molecule has 7 nitrogen and oxygen atoms in total. The summed E-state index contributed by atoms with van der Waals surface area (Å²) in [7, 11) is 0. The lowest BCUT2D eigenvalue weighted by Gasteiger charge is -2.34. The van der Waals surface area contributed by atoms with Crippen molar-refractivity contribution < 1.29 is 14.3 Å². The smallest absolute Gasteiger partial charge is 0.225 e. The average Bonchev–Trinajstić information content (AvgIpc) is 3.19. The standard InChI is InChI=1S/C22H34N4O3/c1-3-17(4-2)20(27)26-8-7-22(14-26)15-29-13-18-12-24-21(25-19(18)22)23-11-16-5-9-28-10-6-16/h12,16-17H,3-11,13-15H2,1-2H3,(H,23,24,25). The summed E-state index contributed by atoms with van der Waals surface area (Å²) in [5.74, 6) is 1.71. The number of rotatable bonds is 6. The second-order valence-corrected chi connectivity index (χ2v) is 8.80. The Morgan fingerprint density at radius 3 is 2.86 bits per heavy atom. The molecule has 1 aromatic heterocycles. The van der Waals surface area contributed by atoms with Crippen molar-refractivity contribution in [3.8, 4) is 0 Å². The maximum Gasteiger partial charge on any atom is 0.225 e. The van der Waals surface area contributed by atoms with E-state index in [0.29, 0.717) is 31.6 Å². The molecule has 0 aromatic carbocycles. The Morgan fingerprint density at radius 2 is 2.10 bits per heavy atom. The maximum atomic E-state index is 12.9. The van der Waals surface area contributed by atoms with Crippen molar-refractivity contribution in [2.45, 2.75) is 58.0 Å². The first-order valence-corrected chi connectivity index (χ1v) is 11.2. The molecule has 3 aliphatic heterocycles. The van der Waals surface area contributed by atoms with Gasteiger partial charge in [0.05, 0.1) is 24.3 Å². The minimum absolute atomic E-state index is 0.122. The van der Waals surface area contributed by atoms with E-state index in [0.717, 1.165) is 69.7 Å². The third-order valence-electron chi connectivity index (χ3n) is 6.89. The van der Waals surface area contributed by atoms with Crippen molar-refractivity contribution in [1.29, 1.82) is 0 Å². The van der Waals surface area contributed by atoms with Gasteiger partial charge in [-0.25, -0.2) is 9.97 Å². The summed E-state index contributed by atoms with van der Waals surface area (Å²) in [6.07, 6.45) is 6.78. The lowest BCUT2D eigenvalue weighted by Crippen LogP contribution is -2.43. The summed E-state index contributed by atoms with van der Waals surface area (Å²) >= 11 is 0. The minimum Gasteiger partial charge on any atom is -0.381 e. The van der Waals surface area contributed by atoms with Gasteiger partial charge in [-0.15, -0.1) is 0 Å². The maximum absolute atomic E-state index is 12.9. The van der Waals surface area contributed by atoms with E-state index in [1.165, 1.54) is 0 Å². The second kappa shape index (κ2) is 8.96. The van der Waals surface area contributed by atoms with Gasteiger partial charge in [0.2, 0.25) is 11.9 Å². The molecule has 4 rings (SSSR count). The highest BCUT2D eigenvalue weighted by atomic mass is 16.5. The third-order valence-corrected chi connectivity index (χ3v) is 6.89. The van der Waals surface area contributed by atoms with Crippen molar-refractivity contribution in [2.75, 3.05) is 44.8 Å². The predicted octanol–water partition coefficient (Wildman–Crippen LogP) is 2.75. The molecular formula is C22H34N4O3. The number of nitrogens with one attached hydrogen (secondary N) is 1. The van der Waals surface area contributed by atoms with Gasteiger partial charge in [0.15, 0.2) is 0 Å². The van der Waals surface area contributed by atoms with E-state index >= 15 is 0 Å². The number of hydrogen-bond acceptors (Lipinski definition) is 6. The number of carbonyl (C=O) groups is 1. The van der Waals surface area contributed by atoms with Crippen LogP contribution in [-0.2, 0) is 26.3 Å². The Morgan fingerprint density at radius 1 is 1.31 bits per heavy atom. The molecular weight excluding hydrogens is 368 g/mol. The van der Waals surface area contributed by atoms with Crippen LogP contribution in [0, 0.1) is 11.8 Å². The Balaban J connectivity index is 1.49. The molecule has 1 spiro atoms. The number of ether oxygens (including phenoxy) is 2. The number of likely N-dealkylation sites (tertiary alicyclic amines) is 1. The average molecular weight is 403 g/mol. The summed E-state index contributed by atoms with van der Waals surface area (Å²) in [5.41, 5.74) is 1.94. The zero-order valence-electron chi connectivity index (χ0n) is 17.8. The number of anilines is 1. The topological polar surface area (TPSA) is 76.6 Å². The molecule has 0 bridgehead atoms. The number of aromatic nitrogens is 2. The van der Waals surface area contributed by atoms with Crippen LogP contribution in [0.4, 0.5) is 5.95 Å². The molecule has 160 valence electrons.